The first-order valence-electron chi connectivity index (χ1n) is 8.50. The van der Waals surface area contributed by atoms with Crippen LogP contribution < -0.4 is 4.74 Å². The quantitative estimate of drug-likeness (QED) is 0.348. The van der Waals surface area contributed by atoms with E-state index in [9.17, 15) is 4.79 Å². The van der Waals surface area contributed by atoms with Gasteiger partial charge in [0.1, 0.15) is 5.75 Å². The molecule has 0 saturated heterocycles. The van der Waals surface area contributed by atoms with Crippen LogP contribution in [-0.2, 0) is 12.8 Å². The molecule has 5 nitrogen and oxygen atoms in total. The second-order valence-electron chi connectivity index (χ2n) is 6.03. The normalized spacial score (nSPS) is 11.1. The molecule has 2 aromatic heterocycles. The molecule has 0 atom stereocenters. The van der Waals surface area contributed by atoms with Crippen LogP contribution in [-0.4, -0.2) is 27.7 Å². The lowest BCUT2D eigenvalue weighted by Crippen LogP contribution is -1.95. The van der Waals surface area contributed by atoms with Gasteiger partial charge in [-0.15, -0.1) is 11.8 Å². The Labute approximate surface area is 163 Å². The standard InChI is InChI=1S/C21H21N3O2S/c1-15-18(13-24(2)23-15)19(25)9-7-16-8-10-20(26-3)17(12-16)14-27-21-6-4-5-11-22-21/h4-13H,14H2,1-3H3/b9-7+. The van der Waals surface area contributed by atoms with Crippen LogP contribution in [0.25, 0.3) is 6.08 Å². The number of ketones is 1. The lowest BCUT2D eigenvalue weighted by atomic mass is 10.1. The fraction of sp³-hybridized carbons (Fsp3) is 0.190. The van der Waals surface area contributed by atoms with Crippen LogP contribution >= 0.6 is 11.8 Å². The van der Waals surface area contributed by atoms with Gasteiger partial charge < -0.3 is 4.74 Å². The Balaban J connectivity index is 1.76. The van der Waals surface area contributed by atoms with E-state index >= 15 is 0 Å². The summed E-state index contributed by atoms with van der Waals surface area (Å²) in [7, 11) is 3.47. The van der Waals surface area contributed by atoms with E-state index in [0.717, 1.165) is 33.3 Å². The third-order valence-corrected chi connectivity index (χ3v) is 5.02. The van der Waals surface area contributed by atoms with Gasteiger partial charge in [0.05, 0.1) is 23.4 Å². The van der Waals surface area contributed by atoms with Gasteiger partial charge in [-0.05, 0) is 42.8 Å². The maximum absolute atomic E-state index is 12.4. The van der Waals surface area contributed by atoms with Crippen molar-refractivity contribution in [2.75, 3.05) is 7.11 Å². The number of allylic oxidation sites excluding steroid dienone is 1. The molecule has 0 saturated carbocycles. The monoisotopic (exact) mass is 379 g/mol. The summed E-state index contributed by atoms with van der Waals surface area (Å²) in [6, 6.07) is 11.8. The van der Waals surface area contributed by atoms with Gasteiger partial charge in [0.2, 0.25) is 0 Å². The Morgan fingerprint density at radius 2 is 2.15 bits per heavy atom. The fourth-order valence-corrected chi connectivity index (χ4v) is 3.54. The van der Waals surface area contributed by atoms with E-state index in [1.54, 1.807) is 42.0 Å². The third-order valence-electron chi connectivity index (χ3n) is 4.02. The molecule has 0 amide bonds. The van der Waals surface area contributed by atoms with Crippen LogP contribution in [0.15, 0.2) is 59.9 Å². The Morgan fingerprint density at radius 1 is 1.30 bits per heavy atom. The molecule has 3 rings (SSSR count). The first kappa shape index (κ1) is 18.9. The number of aryl methyl sites for hydroxylation is 2. The molecular weight excluding hydrogens is 358 g/mol. The average Bonchev–Trinajstić information content (AvgIpc) is 3.03. The lowest BCUT2D eigenvalue weighted by Gasteiger charge is -2.09. The number of benzene rings is 1. The summed E-state index contributed by atoms with van der Waals surface area (Å²) in [6.07, 6.45) is 6.93. The predicted molar refractivity (Wildman–Crippen MR) is 108 cm³/mol. The predicted octanol–water partition coefficient (Wildman–Crippen LogP) is 4.32. The van der Waals surface area contributed by atoms with E-state index in [1.165, 1.54) is 0 Å². The van der Waals surface area contributed by atoms with Crippen molar-refractivity contribution in [3.8, 4) is 5.75 Å². The molecule has 0 bridgehead atoms. The number of carbonyl (C=O) groups is 1. The molecule has 0 aliphatic rings. The van der Waals surface area contributed by atoms with E-state index in [1.807, 2.05) is 56.4 Å². The van der Waals surface area contributed by atoms with E-state index in [4.69, 9.17) is 4.74 Å². The zero-order valence-corrected chi connectivity index (χ0v) is 16.4. The summed E-state index contributed by atoms with van der Waals surface area (Å²) in [5.74, 6) is 1.50. The SMILES string of the molecule is COc1ccc(/C=C/C(=O)c2cn(C)nc2C)cc1CSc1ccccn1. The topological polar surface area (TPSA) is 57.0 Å². The van der Waals surface area contributed by atoms with Crippen molar-refractivity contribution in [1.82, 2.24) is 14.8 Å². The molecule has 138 valence electrons. The van der Waals surface area contributed by atoms with Crippen LogP contribution in [0.5, 0.6) is 5.75 Å². The van der Waals surface area contributed by atoms with Gasteiger partial charge in [0.15, 0.2) is 5.78 Å². The van der Waals surface area contributed by atoms with Crippen LogP contribution in [0.1, 0.15) is 27.2 Å². The van der Waals surface area contributed by atoms with Crippen molar-refractivity contribution in [2.45, 2.75) is 17.7 Å². The van der Waals surface area contributed by atoms with Gasteiger partial charge in [-0.25, -0.2) is 4.98 Å². The van der Waals surface area contributed by atoms with Gasteiger partial charge in [0.25, 0.3) is 0 Å². The minimum atomic E-state index is -0.0548. The number of rotatable bonds is 7. The molecule has 27 heavy (non-hydrogen) atoms. The largest absolute Gasteiger partial charge is 0.496 e. The lowest BCUT2D eigenvalue weighted by molar-refractivity contribution is 0.104. The van der Waals surface area contributed by atoms with Gasteiger partial charge in [-0.2, -0.15) is 5.10 Å². The summed E-state index contributed by atoms with van der Waals surface area (Å²) < 4.78 is 7.12. The van der Waals surface area contributed by atoms with Gasteiger partial charge in [-0.3, -0.25) is 9.48 Å². The van der Waals surface area contributed by atoms with Crippen LogP contribution in [0.3, 0.4) is 0 Å². The molecule has 0 N–H and O–H groups in total. The van der Waals surface area contributed by atoms with Crippen molar-refractivity contribution in [3.63, 3.8) is 0 Å². The first-order valence-corrected chi connectivity index (χ1v) is 9.49. The zero-order chi connectivity index (χ0) is 19.2. The van der Waals surface area contributed by atoms with Gasteiger partial charge in [-0.1, -0.05) is 18.2 Å². The van der Waals surface area contributed by atoms with Crippen LogP contribution in [0.4, 0.5) is 0 Å². The average molecular weight is 379 g/mol. The number of ether oxygens (including phenoxy) is 1. The second-order valence-corrected chi connectivity index (χ2v) is 7.02. The highest BCUT2D eigenvalue weighted by atomic mass is 32.2. The number of pyridine rings is 1. The van der Waals surface area contributed by atoms with Gasteiger partial charge >= 0.3 is 0 Å². The van der Waals surface area contributed by atoms with Crippen LogP contribution in [0, 0.1) is 6.92 Å². The summed E-state index contributed by atoms with van der Waals surface area (Å²) >= 11 is 1.64. The maximum atomic E-state index is 12.4. The van der Waals surface area contributed by atoms with Crippen molar-refractivity contribution in [2.24, 2.45) is 7.05 Å². The smallest absolute Gasteiger partial charge is 0.189 e. The number of hydrogen-bond acceptors (Lipinski definition) is 5. The third kappa shape index (κ3) is 4.86. The Bertz CT molecular complexity index is 965. The molecule has 0 spiro atoms. The van der Waals surface area contributed by atoms with Crippen molar-refractivity contribution in [3.05, 3.63) is 77.3 Å². The molecule has 6 heteroatoms. The molecule has 1 aromatic carbocycles. The second kappa shape index (κ2) is 8.68. The van der Waals surface area contributed by atoms with Crippen molar-refractivity contribution < 1.29 is 9.53 Å². The number of methoxy groups -OCH3 is 1. The molecule has 3 aromatic rings. The Morgan fingerprint density at radius 3 is 2.81 bits per heavy atom. The number of hydrogen-bond donors (Lipinski definition) is 0. The Kier molecular flexibility index (Phi) is 6.08. The summed E-state index contributed by atoms with van der Waals surface area (Å²) in [5.41, 5.74) is 3.35. The van der Waals surface area contributed by atoms with E-state index in [2.05, 4.69) is 10.1 Å². The minimum Gasteiger partial charge on any atom is -0.496 e. The number of thioether (sulfide) groups is 1. The minimum absolute atomic E-state index is 0.0548. The van der Waals surface area contributed by atoms with E-state index < -0.39 is 0 Å². The summed E-state index contributed by atoms with van der Waals surface area (Å²) in [6.45, 7) is 1.83. The van der Waals surface area contributed by atoms with Crippen LogP contribution in [0.2, 0.25) is 0 Å². The number of carbonyl (C=O) groups excluding carboxylic acids is 1. The summed E-state index contributed by atoms with van der Waals surface area (Å²) in [5, 5.41) is 5.17. The molecule has 0 fully saturated rings. The fourth-order valence-electron chi connectivity index (χ4n) is 2.70. The van der Waals surface area contributed by atoms with Crippen molar-refractivity contribution in [1.29, 1.82) is 0 Å². The first-order chi connectivity index (χ1) is 13.1. The van der Waals surface area contributed by atoms with Gasteiger partial charge in [0, 0.05) is 30.8 Å². The highest BCUT2D eigenvalue weighted by Gasteiger charge is 2.10. The highest BCUT2D eigenvalue weighted by molar-refractivity contribution is 7.98. The van der Waals surface area contributed by atoms with E-state index in [0.29, 0.717) is 5.56 Å². The molecule has 0 aliphatic heterocycles. The summed E-state index contributed by atoms with van der Waals surface area (Å²) in [4.78, 5) is 16.7. The van der Waals surface area contributed by atoms with Crippen molar-refractivity contribution >= 4 is 23.6 Å². The van der Waals surface area contributed by atoms with E-state index in [-0.39, 0.29) is 5.78 Å². The molecule has 2 heterocycles. The molecule has 0 aliphatic carbocycles. The molecule has 0 unspecified atom stereocenters. The maximum Gasteiger partial charge on any atom is 0.189 e. The number of nitrogens with zero attached hydrogens (tertiary/aromatic N) is 3. The zero-order valence-electron chi connectivity index (χ0n) is 15.5. The highest BCUT2D eigenvalue weighted by Crippen LogP contribution is 2.28. The molecular formula is C21H21N3O2S. The Hall–Kier alpha value is -2.86. The molecule has 0 radical (unpaired) electrons. The number of aromatic nitrogens is 3.